The average Bonchev–Trinajstić information content (AvgIpc) is 2.89. The number of hydrogen-bond acceptors (Lipinski definition) is 3. The molecular formula is C16H25N3O. The van der Waals surface area contributed by atoms with Crippen molar-refractivity contribution in [3.63, 3.8) is 0 Å². The molecule has 1 heterocycles. The summed E-state index contributed by atoms with van der Waals surface area (Å²) in [5.41, 5.74) is 1.99. The van der Waals surface area contributed by atoms with Crippen LogP contribution in [0.1, 0.15) is 25.3 Å². The van der Waals surface area contributed by atoms with Gasteiger partial charge in [-0.25, -0.2) is 0 Å². The predicted octanol–water partition coefficient (Wildman–Crippen LogP) is 2.01. The van der Waals surface area contributed by atoms with Crippen molar-refractivity contribution in [2.24, 2.45) is 0 Å². The Labute approximate surface area is 121 Å². The van der Waals surface area contributed by atoms with Crippen molar-refractivity contribution < 1.29 is 4.79 Å². The molecule has 1 aliphatic rings. The lowest BCUT2D eigenvalue weighted by Crippen LogP contribution is -2.40. The molecule has 1 unspecified atom stereocenters. The van der Waals surface area contributed by atoms with E-state index in [0.29, 0.717) is 12.6 Å². The van der Waals surface area contributed by atoms with Crippen LogP contribution in [-0.4, -0.2) is 43.0 Å². The molecular weight excluding hydrogens is 250 g/mol. The maximum Gasteiger partial charge on any atom is 0.238 e. The molecule has 1 aromatic carbocycles. The Kier molecular flexibility index (Phi) is 5.56. The van der Waals surface area contributed by atoms with Gasteiger partial charge in [0, 0.05) is 18.3 Å². The number of likely N-dealkylation sites (N-methyl/N-ethyl adjacent to an activating group) is 1. The molecule has 2 N–H and O–H groups in total. The SMILES string of the molecule is CCN1CCCC1CNCC(=O)Nc1ccccc1C. The highest BCUT2D eigenvalue weighted by atomic mass is 16.1. The molecule has 0 aromatic heterocycles. The molecule has 4 nitrogen and oxygen atoms in total. The van der Waals surface area contributed by atoms with Crippen LogP contribution in [0.5, 0.6) is 0 Å². The molecule has 1 saturated heterocycles. The van der Waals surface area contributed by atoms with E-state index >= 15 is 0 Å². The summed E-state index contributed by atoms with van der Waals surface area (Å²) in [5.74, 6) is 0.0281. The van der Waals surface area contributed by atoms with Crippen LogP contribution in [0.2, 0.25) is 0 Å². The number of rotatable bonds is 6. The summed E-state index contributed by atoms with van der Waals surface area (Å²) in [7, 11) is 0. The van der Waals surface area contributed by atoms with E-state index in [1.807, 2.05) is 31.2 Å². The van der Waals surface area contributed by atoms with Crippen LogP contribution in [0.15, 0.2) is 24.3 Å². The molecule has 0 spiro atoms. The van der Waals surface area contributed by atoms with Gasteiger partial charge in [-0.1, -0.05) is 25.1 Å². The second kappa shape index (κ2) is 7.41. The minimum atomic E-state index is 0.0281. The van der Waals surface area contributed by atoms with Crippen molar-refractivity contribution in [2.45, 2.75) is 32.7 Å². The van der Waals surface area contributed by atoms with Crippen molar-refractivity contribution >= 4 is 11.6 Å². The summed E-state index contributed by atoms with van der Waals surface area (Å²) < 4.78 is 0. The molecule has 4 heteroatoms. The molecule has 0 radical (unpaired) electrons. The molecule has 1 fully saturated rings. The summed E-state index contributed by atoms with van der Waals surface area (Å²) >= 11 is 0. The number of benzene rings is 1. The standard InChI is InChI=1S/C16H25N3O/c1-3-19-10-6-8-14(19)11-17-12-16(20)18-15-9-5-4-7-13(15)2/h4-5,7,9,14,17H,3,6,8,10-12H2,1-2H3,(H,18,20). The number of anilines is 1. The fraction of sp³-hybridized carbons (Fsp3) is 0.562. The second-order valence-corrected chi connectivity index (χ2v) is 5.42. The molecule has 2 rings (SSSR count). The van der Waals surface area contributed by atoms with E-state index in [2.05, 4.69) is 22.5 Å². The number of carbonyl (C=O) groups excluding carboxylic acids is 1. The van der Waals surface area contributed by atoms with Gasteiger partial charge in [0.25, 0.3) is 0 Å². The zero-order valence-electron chi connectivity index (χ0n) is 12.5. The van der Waals surface area contributed by atoms with Crippen LogP contribution < -0.4 is 10.6 Å². The lowest BCUT2D eigenvalue weighted by Gasteiger charge is -2.22. The number of nitrogens with zero attached hydrogens (tertiary/aromatic N) is 1. The Morgan fingerprint density at radius 3 is 2.95 bits per heavy atom. The maximum atomic E-state index is 11.9. The highest BCUT2D eigenvalue weighted by molar-refractivity contribution is 5.92. The highest BCUT2D eigenvalue weighted by Gasteiger charge is 2.22. The molecule has 0 bridgehead atoms. The van der Waals surface area contributed by atoms with Crippen molar-refractivity contribution in [1.82, 2.24) is 10.2 Å². The van der Waals surface area contributed by atoms with E-state index < -0.39 is 0 Å². The summed E-state index contributed by atoms with van der Waals surface area (Å²) in [4.78, 5) is 14.4. The van der Waals surface area contributed by atoms with Crippen LogP contribution in [-0.2, 0) is 4.79 Å². The van der Waals surface area contributed by atoms with E-state index in [4.69, 9.17) is 0 Å². The van der Waals surface area contributed by atoms with Gasteiger partial charge in [-0.3, -0.25) is 9.69 Å². The van der Waals surface area contributed by atoms with E-state index in [9.17, 15) is 4.79 Å². The lowest BCUT2D eigenvalue weighted by atomic mass is 10.2. The van der Waals surface area contributed by atoms with Crippen LogP contribution in [0, 0.1) is 6.92 Å². The zero-order valence-corrected chi connectivity index (χ0v) is 12.5. The fourth-order valence-corrected chi connectivity index (χ4v) is 2.80. The summed E-state index contributed by atoms with van der Waals surface area (Å²) in [6.07, 6.45) is 2.51. The number of carbonyl (C=O) groups is 1. The summed E-state index contributed by atoms with van der Waals surface area (Å²) in [6, 6.07) is 8.44. The molecule has 20 heavy (non-hydrogen) atoms. The van der Waals surface area contributed by atoms with Gasteiger partial charge in [-0.05, 0) is 44.5 Å². The average molecular weight is 275 g/mol. The normalized spacial score (nSPS) is 19.2. The highest BCUT2D eigenvalue weighted by Crippen LogP contribution is 2.15. The van der Waals surface area contributed by atoms with Crippen molar-refractivity contribution in [3.05, 3.63) is 29.8 Å². The van der Waals surface area contributed by atoms with Gasteiger partial charge in [0.15, 0.2) is 0 Å². The number of nitrogens with one attached hydrogen (secondary N) is 2. The molecule has 1 aromatic rings. The first-order chi connectivity index (χ1) is 9.70. The smallest absolute Gasteiger partial charge is 0.238 e. The number of para-hydroxylation sites is 1. The predicted molar refractivity (Wildman–Crippen MR) is 82.9 cm³/mol. The number of amides is 1. The molecule has 1 amide bonds. The molecule has 1 aliphatic heterocycles. The van der Waals surface area contributed by atoms with Gasteiger partial charge >= 0.3 is 0 Å². The van der Waals surface area contributed by atoms with Crippen LogP contribution >= 0.6 is 0 Å². The van der Waals surface area contributed by atoms with Crippen molar-refractivity contribution in [2.75, 3.05) is 31.5 Å². The quantitative estimate of drug-likeness (QED) is 0.834. The number of likely N-dealkylation sites (tertiary alicyclic amines) is 1. The Morgan fingerprint density at radius 2 is 2.20 bits per heavy atom. The van der Waals surface area contributed by atoms with Gasteiger partial charge in [-0.15, -0.1) is 0 Å². The monoisotopic (exact) mass is 275 g/mol. The zero-order chi connectivity index (χ0) is 14.4. The topological polar surface area (TPSA) is 44.4 Å². The lowest BCUT2D eigenvalue weighted by molar-refractivity contribution is -0.115. The third kappa shape index (κ3) is 4.05. The summed E-state index contributed by atoms with van der Waals surface area (Å²) in [6.45, 7) is 7.77. The third-order valence-corrected chi connectivity index (χ3v) is 3.99. The Bertz CT molecular complexity index is 447. The second-order valence-electron chi connectivity index (χ2n) is 5.42. The number of hydrogen-bond donors (Lipinski definition) is 2. The first-order valence-electron chi connectivity index (χ1n) is 7.51. The molecule has 1 atom stereocenters. The molecule has 0 aliphatic carbocycles. The van der Waals surface area contributed by atoms with Crippen LogP contribution in [0.4, 0.5) is 5.69 Å². The van der Waals surface area contributed by atoms with Gasteiger partial charge in [0.05, 0.1) is 6.54 Å². The van der Waals surface area contributed by atoms with Gasteiger partial charge < -0.3 is 10.6 Å². The van der Waals surface area contributed by atoms with Crippen LogP contribution in [0.25, 0.3) is 0 Å². The fourth-order valence-electron chi connectivity index (χ4n) is 2.80. The Hall–Kier alpha value is -1.39. The van der Waals surface area contributed by atoms with Gasteiger partial charge in [0.2, 0.25) is 5.91 Å². The third-order valence-electron chi connectivity index (χ3n) is 3.99. The maximum absolute atomic E-state index is 11.9. The molecule has 0 saturated carbocycles. The Morgan fingerprint density at radius 1 is 1.40 bits per heavy atom. The minimum Gasteiger partial charge on any atom is -0.325 e. The van der Waals surface area contributed by atoms with Gasteiger partial charge in [0.1, 0.15) is 0 Å². The summed E-state index contributed by atoms with van der Waals surface area (Å²) in [5, 5.41) is 6.22. The first kappa shape index (κ1) is 15.0. The number of aryl methyl sites for hydroxylation is 1. The molecule has 110 valence electrons. The van der Waals surface area contributed by atoms with Gasteiger partial charge in [-0.2, -0.15) is 0 Å². The minimum absolute atomic E-state index is 0.0281. The first-order valence-corrected chi connectivity index (χ1v) is 7.51. The van der Waals surface area contributed by atoms with E-state index in [1.54, 1.807) is 0 Å². The largest absolute Gasteiger partial charge is 0.325 e. The van der Waals surface area contributed by atoms with E-state index in [1.165, 1.54) is 19.4 Å². The van der Waals surface area contributed by atoms with Crippen LogP contribution in [0.3, 0.4) is 0 Å². The van der Waals surface area contributed by atoms with E-state index in [-0.39, 0.29) is 5.91 Å². The Balaban J connectivity index is 1.72. The van der Waals surface area contributed by atoms with E-state index in [0.717, 1.165) is 24.3 Å². The van der Waals surface area contributed by atoms with Crippen molar-refractivity contribution in [3.8, 4) is 0 Å². The van der Waals surface area contributed by atoms with Crippen molar-refractivity contribution in [1.29, 1.82) is 0 Å².